The molecule has 0 amide bonds. The quantitative estimate of drug-likeness (QED) is 0.0787. The first-order chi connectivity index (χ1) is 17.2. The van der Waals surface area contributed by atoms with Gasteiger partial charge >= 0.3 is 20.5 Å². The number of carboxylic acids is 2. The van der Waals surface area contributed by atoms with E-state index in [9.17, 15) is 9.59 Å². The van der Waals surface area contributed by atoms with Crippen LogP contribution in [0.15, 0.2) is 0 Å². The maximum Gasteiger partial charge on any atom is 0.311 e. The van der Waals surface area contributed by atoms with Crippen LogP contribution in [0.5, 0.6) is 0 Å². The lowest BCUT2D eigenvalue weighted by Crippen LogP contribution is -2.52. The molecule has 0 atom stereocenters. The second-order valence-electron chi connectivity index (χ2n) is 12.6. The highest BCUT2D eigenvalue weighted by Crippen LogP contribution is 2.27. The lowest BCUT2D eigenvalue weighted by Gasteiger charge is -2.39. The summed E-state index contributed by atoms with van der Waals surface area (Å²) in [7, 11) is -5.61. The van der Waals surface area contributed by atoms with Crippen LogP contribution in [0.1, 0.15) is 116 Å². The van der Waals surface area contributed by atoms with Crippen molar-refractivity contribution >= 4 is 37.1 Å². The predicted molar refractivity (Wildman–Crippen MR) is 163 cm³/mol. The average molecular weight is 577 g/mol. The Labute approximate surface area is 231 Å². The molecule has 0 spiro atoms. The second kappa shape index (κ2) is 20.4. The molecule has 0 saturated carbocycles. The molecule has 0 heterocycles. The van der Waals surface area contributed by atoms with Crippen LogP contribution >= 0.6 is 0 Å². The van der Waals surface area contributed by atoms with Crippen molar-refractivity contribution in [3.8, 4) is 0 Å². The summed E-state index contributed by atoms with van der Waals surface area (Å²) >= 11 is 0. The zero-order valence-electron chi connectivity index (χ0n) is 25.2. The number of carbonyl (C=O) groups is 2. The SMILES string of the molecule is C[Si](C)(CCCCCCCCCCC(=O)O)O[Si](C)(C)O[Si](C)(C)CCCCCCCCCCC(=O)O. The van der Waals surface area contributed by atoms with Crippen LogP contribution in [0.3, 0.4) is 0 Å². The zero-order chi connectivity index (χ0) is 28.2. The van der Waals surface area contributed by atoms with Gasteiger partial charge in [0.05, 0.1) is 0 Å². The number of aliphatic carboxylic acids is 2. The molecule has 0 fully saturated rings. The Bertz CT molecular complexity index is 561. The summed E-state index contributed by atoms with van der Waals surface area (Å²) in [6.45, 7) is 13.9. The molecule has 0 aromatic heterocycles. The van der Waals surface area contributed by atoms with E-state index in [1.54, 1.807) is 0 Å². The second-order valence-corrected chi connectivity index (χ2v) is 25.0. The molecule has 0 aliphatic rings. The molecule has 0 unspecified atom stereocenters. The van der Waals surface area contributed by atoms with Crippen LogP contribution < -0.4 is 0 Å². The Morgan fingerprint density at radius 1 is 0.459 bits per heavy atom. The highest BCUT2D eigenvalue weighted by molar-refractivity contribution is 6.87. The molecule has 2 N–H and O–H groups in total. The molecule has 0 radical (unpaired) electrons. The van der Waals surface area contributed by atoms with E-state index in [0.29, 0.717) is 12.8 Å². The average Bonchev–Trinajstić information content (AvgIpc) is 2.74. The van der Waals surface area contributed by atoms with Gasteiger partial charge in [0.25, 0.3) is 0 Å². The van der Waals surface area contributed by atoms with Gasteiger partial charge in [0.2, 0.25) is 0 Å². The molecular weight excluding hydrogens is 517 g/mol. The van der Waals surface area contributed by atoms with E-state index in [4.69, 9.17) is 18.4 Å². The minimum Gasteiger partial charge on any atom is -0.481 e. The van der Waals surface area contributed by atoms with Crippen LogP contribution in [0.4, 0.5) is 0 Å². The Morgan fingerprint density at radius 3 is 0.973 bits per heavy atom. The van der Waals surface area contributed by atoms with Crippen molar-refractivity contribution in [2.45, 2.75) is 167 Å². The standard InChI is InChI=1S/C28H60O6Si3/c1-35(2,25-21-17-13-9-7-11-15-19-23-27(29)30)33-37(5,6)34-36(3,4)26-22-18-14-10-8-12-16-20-24-28(31)32/h7-26H2,1-6H3,(H,29,30)(H,31,32). The van der Waals surface area contributed by atoms with Crippen molar-refractivity contribution in [1.82, 2.24) is 0 Å². The van der Waals surface area contributed by atoms with Gasteiger partial charge in [0, 0.05) is 12.8 Å². The van der Waals surface area contributed by atoms with Crippen molar-refractivity contribution in [3.05, 3.63) is 0 Å². The van der Waals surface area contributed by atoms with E-state index in [-0.39, 0.29) is 0 Å². The molecule has 37 heavy (non-hydrogen) atoms. The van der Waals surface area contributed by atoms with E-state index in [2.05, 4.69) is 39.3 Å². The summed E-state index contributed by atoms with van der Waals surface area (Å²) in [5.41, 5.74) is 0. The molecule has 9 heteroatoms. The Morgan fingerprint density at radius 2 is 0.703 bits per heavy atom. The lowest BCUT2D eigenvalue weighted by molar-refractivity contribution is -0.138. The summed E-state index contributed by atoms with van der Waals surface area (Å²) in [5.74, 6) is -1.36. The molecule has 220 valence electrons. The minimum absolute atomic E-state index is 0.308. The van der Waals surface area contributed by atoms with Crippen molar-refractivity contribution < 1.29 is 28.0 Å². The third-order valence-corrected chi connectivity index (χ3v) is 18.4. The van der Waals surface area contributed by atoms with E-state index >= 15 is 0 Å². The fraction of sp³-hybridized carbons (Fsp3) is 0.929. The Hall–Kier alpha value is -0.489. The van der Waals surface area contributed by atoms with E-state index in [1.807, 2.05) is 0 Å². The summed E-state index contributed by atoms with van der Waals surface area (Å²) in [5, 5.41) is 17.4. The molecule has 0 aromatic rings. The lowest BCUT2D eigenvalue weighted by atomic mass is 10.1. The van der Waals surface area contributed by atoms with E-state index in [0.717, 1.165) is 38.5 Å². The van der Waals surface area contributed by atoms with Crippen LogP contribution in [-0.4, -0.2) is 47.3 Å². The molecule has 0 aliphatic heterocycles. The van der Waals surface area contributed by atoms with Gasteiger partial charge in [-0.15, -0.1) is 0 Å². The van der Waals surface area contributed by atoms with Crippen LogP contribution in [0.25, 0.3) is 0 Å². The van der Waals surface area contributed by atoms with Gasteiger partial charge in [0.15, 0.2) is 16.6 Å². The molecule has 6 nitrogen and oxygen atoms in total. The van der Waals surface area contributed by atoms with Crippen molar-refractivity contribution in [1.29, 1.82) is 0 Å². The molecule has 0 bridgehead atoms. The fourth-order valence-corrected chi connectivity index (χ4v) is 19.4. The number of hydrogen-bond donors (Lipinski definition) is 2. The Balaban J connectivity index is 3.96. The highest BCUT2D eigenvalue weighted by atomic mass is 28.5. The van der Waals surface area contributed by atoms with Gasteiger partial charge in [-0.25, -0.2) is 0 Å². The first kappa shape index (κ1) is 36.5. The van der Waals surface area contributed by atoms with E-state index < -0.39 is 37.1 Å². The highest BCUT2D eigenvalue weighted by Gasteiger charge is 2.39. The molecular formula is C28H60O6Si3. The van der Waals surface area contributed by atoms with Crippen LogP contribution in [0, 0.1) is 0 Å². The smallest absolute Gasteiger partial charge is 0.311 e. The van der Waals surface area contributed by atoms with Gasteiger partial charge in [0.1, 0.15) is 0 Å². The first-order valence-electron chi connectivity index (χ1n) is 15.1. The monoisotopic (exact) mass is 576 g/mol. The topological polar surface area (TPSA) is 93.1 Å². The van der Waals surface area contributed by atoms with Gasteiger partial charge < -0.3 is 18.4 Å². The maximum atomic E-state index is 10.5. The predicted octanol–water partition coefficient (Wildman–Crippen LogP) is 9.32. The molecule has 0 saturated heterocycles. The number of rotatable bonds is 26. The van der Waals surface area contributed by atoms with Gasteiger partial charge in [-0.3, -0.25) is 9.59 Å². The van der Waals surface area contributed by atoms with Crippen LogP contribution in [-0.2, 0) is 17.8 Å². The molecule has 0 aromatic carbocycles. The minimum atomic E-state index is -2.14. The first-order valence-corrected chi connectivity index (χ1v) is 24.1. The molecule has 0 aliphatic carbocycles. The molecule has 0 rings (SSSR count). The maximum absolute atomic E-state index is 10.5. The van der Waals surface area contributed by atoms with Gasteiger partial charge in [-0.2, -0.15) is 0 Å². The summed E-state index contributed by atoms with van der Waals surface area (Å²) in [6.07, 6.45) is 19.1. The third-order valence-electron chi connectivity index (χ3n) is 6.88. The number of unbranched alkanes of at least 4 members (excludes halogenated alkanes) is 14. The zero-order valence-corrected chi connectivity index (χ0v) is 28.2. The largest absolute Gasteiger partial charge is 0.481 e. The van der Waals surface area contributed by atoms with Crippen molar-refractivity contribution in [3.63, 3.8) is 0 Å². The van der Waals surface area contributed by atoms with Crippen LogP contribution in [0.2, 0.25) is 51.4 Å². The summed E-state index contributed by atoms with van der Waals surface area (Å²) in [6, 6.07) is 2.40. The fourth-order valence-electron chi connectivity index (χ4n) is 5.23. The van der Waals surface area contributed by atoms with E-state index in [1.165, 1.54) is 76.3 Å². The number of carboxylic acid groups (broad SMARTS) is 2. The van der Waals surface area contributed by atoms with Crippen molar-refractivity contribution in [2.75, 3.05) is 0 Å². The third kappa shape index (κ3) is 25.5. The van der Waals surface area contributed by atoms with Gasteiger partial charge in [-0.05, 0) is 64.2 Å². The van der Waals surface area contributed by atoms with Crippen molar-refractivity contribution in [2.24, 2.45) is 0 Å². The van der Waals surface area contributed by atoms with Gasteiger partial charge in [-0.1, -0.05) is 89.9 Å². The number of hydrogen-bond acceptors (Lipinski definition) is 4. The normalized spacial score (nSPS) is 12.7. The summed E-state index contributed by atoms with van der Waals surface area (Å²) in [4.78, 5) is 21.1. The Kier molecular flexibility index (Phi) is 20.1. The summed E-state index contributed by atoms with van der Waals surface area (Å²) < 4.78 is 13.5.